The van der Waals surface area contributed by atoms with Crippen LogP contribution in [0.3, 0.4) is 0 Å². The number of aromatic nitrogens is 1. The Labute approximate surface area is 101 Å². The molecule has 0 aliphatic carbocycles. The molecule has 3 nitrogen and oxygen atoms in total. The number of hydrogen-bond acceptors (Lipinski definition) is 3. The molecule has 0 aliphatic heterocycles. The lowest BCUT2D eigenvalue weighted by Crippen LogP contribution is -2.42. The van der Waals surface area contributed by atoms with Gasteiger partial charge in [-0.1, -0.05) is 11.6 Å². The molecular weight excluding hydrogens is 257 g/mol. The highest BCUT2D eigenvalue weighted by atomic mass is 35.5. The molecule has 0 amide bonds. The van der Waals surface area contributed by atoms with Crippen molar-refractivity contribution >= 4 is 11.6 Å². The number of hydrogen-bond donors (Lipinski definition) is 2. The molecule has 3 N–H and O–H groups in total. The highest BCUT2D eigenvalue weighted by Gasteiger charge is 2.32. The largest absolute Gasteiger partial charge is 0.417 e. The van der Waals surface area contributed by atoms with E-state index in [1.807, 2.05) is 0 Å². The maximum absolute atomic E-state index is 12.5. The fraction of sp³-hybridized carbons (Fsp3) is 0.500. The Morgan fingerprint density at radius 2 is 2.06 bits per heavy atom. The minimum atomic E-state index is -4.48. The smallest absolute Gasteiger partial charge is 0.394 e. The van der Waals surface area contributed by atoms with Crippen molar-refractivity contribution in [3.63, 3.8) is 0 Å². The van der Waals surface area contributed by atoms with Gasteiger partial charge in [0.2, 0.25) is 0 Å². The number of rotatable bonds is 3. The van der Waals surface area contributed by atoms with Gasteiger partial charge in [0, 0.05) is 11.7 Å². The molecule has 0 spiro atoms. The van der Waals surface area contributed by atoms with Crippen LogP contribution in [-0.4, -0.2) is 22.2 Å². The molecule has 0 saturated carbocycles. The van der Waals surface area contributed by atoms with E-state index in [1.165, 1.54) is 6.92 Å². The highest BCUT2D eigenvalue weighted by Crippen LogP contribution is 2.31. The third kappa shape index (κ3) is 3.83. The minimum Gasteiger partial charge on any atom is -0.394 e. The second-order valence-corrected chi connectivity index (χ2v) is 4.52. The maximum Gasteiger partial charge on any atom is 0.417 e. The Morgan fingerprint density at radius 1 is 1.47 bits per heavy atom. The van der Waals surface area contributed by atoms with Gasteiger partial charge >= 0.3 is 6.18 Å². The molecule has 17 heavy (non-hydrogen) atoms. The molecule has 0 aromatic carbocycles. The second-order valence-electron chi connectivity index (χ2n) is 4.16. The summed E-state index contributed by atoms with van der Waals surface area (Å²) in [6.07, 6.45) is -3.80. The van der Waals surface area contributed by atoms with Crippen LogP contribution in [0.5, 0.6) is 0 Å². The number of nitrogens with zero attached hydrogens (tertiary/aromatic N) is 1. The molecule has 1 unspecified atom stereocenters. The van der Waals surface area contributed by atoms with E-state index in [1.54, 1.807) is 0 Å². The van der Waals surface area contributed by atoms with Crippen LogP contribution >= 0.6 is 11.6 Å². The molecule has 96 valence electrons. The van der Waals surface area contributed by atoms with Crippen LogP contribution in [0.1, 0.15) is 18.1 Å². The lowest BCUT2D eigenvalue weighted by atomic mass is 9.95. The van der Waals surface area contributed by atoms with Gasteiger partial charge in [-0.2, -0.15) is 13.2 Å². The van der Waals surface area contributed by atoms with Gasteiger partial charge in [0.15, 0.2) is 0 Å². The summed E-state index contributed by atoms with van der Waals surface area (Å²) in [5.41, 5.74) is 3.91. The summed E-state index contributed by atoms with van der Waals surface area (Å²) in [5, 5.41) is 8.93. The minimum absolute atomic E-state index is 0.0131. The first kappa shape index (κ1) is 14.2. The SMILES string of the molecule is CC(N)(CO)Cc1cc(C(F)(F)F)cnc1Cl. The molecule has 0 radical (unpaired) electrons. The molecule has 1 aromatic rings. The zero-order chi connectivity index (χ0) is 13.3. The average molecular weight is 269 g/mol. The monoisotopic (exact) mass is 268 g/mol. The van der Waals surface area contributed by atoms with Gasteiger partial charge in [-0.25, -0.2) is 4.98 Å². The fourth-order valence-corrected chi connectivity index (χ4v) is 1.43. The molecule has 1 aromatic heterocycles. The Kier molecular flexibility index (Phi) is 4.01. The van der Waals surface area contributed by atoms with Crippen molar-refractivity contribution in [2.24, 2.45) is 5.73 Å². The van der Waals surface area contributed by atoms with Crippen LogP contribution in [0.2, 0.25) is 5.15 Å². The first-order chi connectivity index (χ1) is 7.65. The van der Waals surface area contributed by atoms with E-state index in [2.05, 4.69) is 4.98 Å². The van der Waals surface area contributed by atoms with Crippen molar-refractivity contribution in [2.75, 3.05) is 6.61 Å². The first-order valence-electron chi connectivity index (χ1n) is 4.77. The van der Waals surface area contributed by atoms with E-state index in [0.717, 1.165) is 6.07 Å². The predicted molar refractivity (Wildman–Crippen MR) is 57.6 cm³/mol. The van der Waals surface area contributed by atoms with Crippen molar-refractivity contribution in [1.29, 1.82) is 0 Å². The van der Waals surface area contributed by atoms with E-state index in [9.17, 15) is 13.2 Å². The number of aliphatic hydroxyl groups excluding tert-OH is 1. The lowest BCUT2D eigenvalue weighted by Gasteiger charge is -2.22. The molecular formula is C10H12ClF3N2O. The van der Waals surface area contributed by atoms with Crippen molar-refractivity contribution in [3.05, 3.63) is 28.5 Å². The van der Waals surface area contributed by atoms with Gasteiger partial charge in [-0.3, -0.25) is 0 Å². The Morgan fingerprint density at radius 3 is 2.53 bits per heavy atom. The van der Waals surface area contributed by atoms with Crippen LogP contribution in [0.25, 0.3) is 0 Å². The Balaban J connectivity index is 3.08. The molecule has 0 aliphatic rings. The molecule has 0 fully saturated rings. The van der Waals surface area contributed by atoms with E-state index in [4.69, 9.17) is 22.4 Å². The van der Waals surface area contributed by atoms with E-state index < -0.39 is 17.3 Å². The van der Waals surface area contributed by atoms with Crippen LogP contribution in [0.15, 0.2) is 12.3 Å². The normalized spacial score (nSPS) is 15.7. The summed E-state index contributed by atoms with van der Waals surface area (Å²) >= 11 is 5.69. The highest BCUT2D eigenvalue weighted by molar-refractivity contribution is 6.30. The quantitative estimate of drug-likeness (QED) is 0.825. The summed E-state index contributed by atoms with van der Waals surface area (Å²) in [6.45, 7) is 1.16. The van der Waals surface area contributed by atoms with Crippen LogP contribution in [0.4, 0.5) is 13.2 Å². The summed E-state index contributed by atoms with van der Waals surface area (Å²) in [5.74, 6) is 0. The third-order valence-corrected chi connectivity index (χ3v) is 2.53. The molecule has 1 rings (SSSR count). The Hall–Kier alpha value is -0.850. The van der Waals surface area contributed by atoms with Crippen molar-refractivity contribution in [1.82, 2.24) is 4.98 Å². The molecule has 1 atom stereocenters. The summed E-state index contributed by atoms with van der Waals surface area (Å²) < 4.78 is 37.4. The number of pyridine rings is 1. The van der Waals surface area contributed by atoms with Gasteiger partial charge < -0.3 is 10.8 Å². The molecule has 0 bridgehead atoms. The van der Waals surface area contributed by atoms with E-state index in [0.29, 0.717) is 6.20 Å². The molecule has 7 heteroatoms. The average Bonchev–Trinajstić information content (AvgIpc) is 2.19. The topological polar surface area (TPSA) is 59.1 Å². The standard InChI is InChI=1S/C10H12ClF3N2O/c1-9(15,5-17)3-6-2-7(10(12,13)14)4-16-8(6)11/h2,4,17H,3,5,15H2,1H3. The fourth-order valence-electron chi connectivity index (χ4n) is 1.26. The predicted octanol–water partition coefficient (Wildman–Crippen LogP) is 2.01. The maximum atomic E-state index is 12.5. The Bertz CT molecular complexity index is 407. The zero-order valence-electron chi connectivity index (χ0n) is 9.05. The number of alkyl halides is 3. The van der Waals surface area contributed by atoms with Crippen molar-refractivity contribution in [2.45, 2.75) is 25.1 Å². The van der Waals surface area contributed by atoms with Crippen LogP contribution in [0, 0.1) is 0 Å². The van der Waals surface area contributed by atoms with Gasteiger partial charge in [0.05, 0.1) is 12.2 Å². The van der Waals surface area contributed by atoms with Crippen LogP contribution < -0.4 is 5.73 Å². The lowest BCUT2D eigenvalue weighted by molar-refractivity contribution is -0.137. The number of halogens is 4. The van der Waals surface area contributed by atoms with Crippen molar-refractivity contribution in [3.8, 4) is 0 Å². The number of aliphatic hydroxyl groups is 1. The van der Waals surface area contributed by atoms with Gasteiger partial charge in [-0.05, 0) is 25.0 Å². The summed E-state index contributed by atoms with van der Waals surface area (Å²) in [4.78, 5) is 3.47. The molecule has 1 heterocycles. The van der Waals surface area contributed by atoms with E-state index >= 15 is 0 Å². The van der Waals surface area contributed by atoms with Gasteiger partial charge in [0.1, 0.15) is 5.15 Å². The first-order valence-corrected chi connectivity index (χ1v) is 5.15. The summed E-state index contributed by atoms with van der Waals surface area (Å²) in [6, 6.07) is 0.899. The zero-order valence-corrected chi connectivity index (χ0v) is 9.81. The van der Waals surface area contributed by atoms with Gasteiger partial charge in [-0.15, -0.1) is 0 Å². The number of nitrogens with two attached hydrogens (primary N) is 1. The third-order valence-electron chi connectivity index (χ3n) is 2.19. The second kappa shape index (κ2) is 4.80. The van der Waals surface area contributed by atoms with Crippen LogP contribution in [-0.2, 0) is 12.6 Å². The summed E-state index contributed by atoms with van der Waals surface area (Å²) in [7, 11) is 0. The van der Waals surface area contributed by atoms with Crippen molar-refractivity contribution < 1.29 is 18.3 Å². The van der Waals surface area contributed by atoms with Gasteiger partial charge in [0.25, 0.3) is 0 Å². The molecule has 0 saturated heterocycles. The van der Waals surface area contributed by atoms with E-state index in [-0.39, 0.29) is 23.7 Å².